The molecule has 1 aromatic carbocycles. The van der Waals surface area contributed by atoms with E-state index in [-0.39, 0.29) is 6.04 Å². The maximum absolute atomic E-state index is 11.3. The number of piperidine rings is 1. The number of hydrogen-bond donors (Lipinski definition) is 1. The van der Waals surface area contributed by atoms with Crippen molar-refractivity contribution in [2.75, 3.05) is 24.2 Å². The monoisotopic (exact) mass is 383 g/mol. The highest BCUT2D eigenvalue weighted by Gasteiger charge is 2.22. The first-order chi connectivity index (χ1) is 10.4. The molecule has 1 aromatic heterocycles. The molecular formula is C15H18BrN3O2S. The van der Waals surface area contributed by atoms with Crippen molar-refractivity contribution < 1.29 is 8.42 Å². The maximum Gasteiger partial charge on any atom is 0.208 e. The molecule has 0 radical (unpaired) electrons. The number of pyridine rings is 1. The van der Waals surface area contributed by atoms with Gasteiger partial charge in [-0.05, 0) is 47.0 Å². The summed E-state index contributed by atoms with van der Waals surface area (Å²) < 4.78 is 26.3. The SMILES string of the molecule is CS(=O)(=O)NC1CCN(c2ccc3cccc(Br)c3n2)CC1. The van der Waals surface area contributed by atoms with E-state index in [0.717, 1.165) is 47.1 Å². The number of nitrogens with zero attached hydrogens (tertiary/aromatic N) is 2. The lowest BCUT2D eigenvalue weighted by atomic mass is 10.1. The quantitative estimate of drug-likeness (QED) is 0.884. The molecule has 0 unspecified atom stereocenters. The van der Waals surface area contributed by atoms with Gasteiger partial charge < -0.3 is 4.90 Å². The molecule has 2 heterocycles. The topological polar surface area (TPSA) is 62.3 Å². The highest BCUT2D eigenvalue weighted by atomic mass is 79.9. The van der Waals surface area contributed by atoms with Crippen LogP contribution in [-0.4, -0.2) is 38.8 Å². The van der Waals surface area contributed by atoms with Gasteiger partial charge in [-0.1, -0.05) is 12.1 Å². The number of anilines is 1. The largest absolute Gasteiger partial charge is 0.356 e. The fraction of sp³-hybridized carbons (Fsp3) is 0.400. The molecule has 0 atom stereocenters. The van der Waals surface area contributed by atoms with Gasteiger partial charge in [-0.15, -0.1) is 0 Å². The molecule has 0 spiro atoms. The van der Waals surface area contributed by atoms with Gasteiger partial charge in [0.05, 0.1) is 11.8 Å². The predicted molar refractivity (Wildman–Crippen MR) is 92.7 cm³/mol. The van der Waals surface area contributed by atoms with Crippen LogP contribution < -0.4 is 9.62 Å². The molecule has 1 N–H and O–H groups in total. The van der Waals surface area contributed by atoms with Gasteiger partial charge in [0.25, 0.3) is 0 Å². The Morgan fingerprint density at radius 3 is 2.64 bits per heavy atom. The molecule has 1 fully saturated rings. The molecule has 7 heteroatoms. The van der Waals surface area contributed by atoms with Gasteiger partial charge in [-0.3, -0.25) is 0 Å². The molecule has 22 heavy (non-hydrogen) atoms. The van der Waals surface area contributed by atoms with Crippen molar-refractivity contribution in [3.05, 3.63) is 34.8 Å². The fourth-order valence-corrected chi connectivity index (χ4v) is 4.12. The van der Waals surface area contributed by atoms with Gasteiger partial charge in [-0.25, -0.2) is 18.1 Å². The number of fused-ring (bicyclic) bond motifs is 1. The zero-order valence-electron chi connectivity index (χ0n) is 12.3. The highest BCUT2D eigenvalue weighted by Crippen LogP contribution is 2.26. The number of halogens is 1. The van der Waals surface area contributed by atoms with Gasteiger partial charge in [0.2, 0.25) is 10.0 Å². The Hall–Kier alpha value is -1.18. The van der Waals surface area contributed by atoms with Crippen LogP contribution in [0.1, 0.15) is 12.8 Å². The van der Waals surface area contributed by atoms with E-state index in [9.17, 15) is 8.42 Å². The number of benzene rings is 1. The lowest BCUT2D eigenvalue weighted by Gasteiger charge is -2.32. The Bertz CT molecular complexity index is 786. The zero-order valence-corrected chi connectivity index (χ0v) is 14.7. The lowest BCUT2D eigenvalue weighted by Crippen LogP contribution is -2.44. The summed E-state index contributed by atoms with van der Waals surface area (Å²) in [6, 6.07) is 10.2. The second kappa shape index (κ2) is 6.14. The standard InChI is InChI=1S/C15H18BrN3O2S/c1-22(20,21)18-12-7-9-19(10-8-12)14-6-5-11-3-2-4-13(16)15(11)17-14/h2-6,12,18H,7-10H2,1H3. The van der Waals surface area contributed by atoms with E-state index in [1.54, 1.807) is 0 Å². The van der Waals surface area contributed by atoms with Crippen LogP contribution in [0.2, 0.25) is 0 Å². The van der Waals surface area contributed by atoms with E-state index in [1.165, 1.54) is 6.26 Å². The minimum absolute atomic E-state index is 0.0263. The normalized spacial score (nSPS) is 17.1. The van der Waals surface area contributed by atoms with Crippen LogP contribution in [0.15, 0.2) is 34.8 Å². The Morgan fingerprint density at radius 1 is 1.23 bits per heavy atom. The minimum atomic E-state index is -3.13. The summed E-state index contributed by atoms with van der Waals surface area (Å²) >= 11 is 3.54. The molecule has 1 saturated heterocycles. The van der Waals surface area contributed by atoms with E-state index in [1.807, 2.05) is 24.3 Å². The van der Waals surface area contributed by atoms with Gasteiger partial charge in [0.1, 0.15) is 5.82 Å². The molecule has 1 aliphatic rings. The lowest BCUT2D eigenvalue weighted by molar-refractivity contribution is 0.460. The molecule has 0 amide bonds. The smallest absolute Gasteiger partial charge is 0.208 e. The van der Waals surface area contributed by atoms with Crippen LogP contribution in [-0.2, 0) is 10.0 Å². The third-order valence-corrected chi connectivity index (χ3v) is 5.26. The minimum Gasteiger partial charge on any atom is -0.356 e. The third kappa shape index (κ3) is 3.59. The molecular weight excluding hydrogens is 366 g/mol. The molecule has 2 aromatic rings. The van der Waals surface area contributed by atoms with Crippen molar-refractivity contribution in [2.45, 2.75) is 18.9 Å². The van der Waals surface area contributed by atoms with Crippen molar-refractivity contribution in [1.29, 1.82) is 0 Å². The summed E-state index contributed by atoms with van der Waals surface area (Å²) in [5.74, 6) is 0.942. The molecule has 5 nitrogen and oxygen atoms in total. The van der Waals surface area contributed by atoms with E-state index in [2.05, 4.69) is 31.6 Å². The van der Waals surface area contributed by atoms with Crippen molar-refractivity contribution in [3.8, 4) is 0 Å². The van der Waals surface area contributed by atoms with Gasteiger partial charge in [0, 0.05) is 29.0 Å². The zero-order chi connectivity index (χ0) is 15.7. The van der Waals surface area contributed by atoms with Gasteiger partial charge in [-0.2, -0.15) is 0 Å². The summed E-state index contributed by atoms with van der Waals surface area (Å²) in [6.45, 7) is 1.60. The highest BCUT2D eigenvalue weighted by molar-refractivity contribution is 9.10. The summed E-state index contributed by atoms with van der Waals surface area (Å²) in [6.07, 6.45) is 2.80. The van der Waals surface area contributed by atoms with Crippen molar-refractivity contribution in [3.63, 3.8) is 0 Å². The van der Waals surface area contributed by atoms with Crippen LogP contribution in [0.25, 0.3) is 10.9 Å². The Balaban J connectivity index is 1.75. The molecule has 3 rings (SSSR count). The molecule has 0 aliphatic carbocycles. The van der Waals surface area contributed by atoms with Gasteiger partial charge >= 0.3 is 0 Å². The van der Waals surface area contributed by atoms with Crippen molar-refractivity contribution in [2.24, 2.45) is 0 Å². The Kier molecular flexibility index (Phi) is 4.38. The Morgan fingerprint density at radius 2 is 1.95 bits per heavy atom. The third-order valence-electron chi connectivity index (χ3n) is 3.86. The molecule has 1 aliphatic heterocycles. The Labute approximate surface area is 138 Å². The summed E-state index contributed by atoms with van der Waals surface area (Å²) in [5.41, 5.74) is 0.955. The number of hydrogen-bond acceptors (Lipinski definition) is 4. The van der Waals surface area contributed by atoms with E-state index >= 15 is 0 Å². The van der Waals surface area contributed by atoms with Crippen molar-refractivity contribution in [1.82, 2.24) is 9.71 Å². The predicted octanol–water partition coefficient (Wildman–Crippen LogP) is 2.52. The maximum atomic E-state index is 11.3. The van der Waals surface area contributed by atoms with Gasteiger partial charge in [0.15, 0.2) is 0 Å². The summed E-state index contributed by atoms with van der Waals surface area (Å²) in [7, 11) is -3.13. The molecule has 0 saturated carbocycles. The van der Waals surface area contributed by atoms with E-state index in [0.29, 0.717) is 0 Å². The summed E-state index contributed by atoms with van der Waals surface area (Å²) in [4.78, 5) is 6.95. The first kappa shape index (κ1) is 15.7. The first-order valence-electron chi connectivity index (χ1n) is 7.20. The van der Waals surface area contributed by atoms with Crippen LogP contribution in [0.3, 0.4) is 0 Å². The van der Waals surface area contributed by atoms with E-state index in [4.69, 9.17) is 4.98 Å². The number of para-hydroxylation sites is 1. The van der Waals surface area contributed by atoms with E-state index < -0.39 is 10.0 Å². The van der Waals surface area contributed by atoms with Crippen LogP contribution >= 0.6 is 15.9 Å². The second-order valence-electron chi connectivity index (χ2n) is 5.63. The summed E-state index contributed by atoms with van der Waals surface area (Å²) in [5, 5.41) is 1.10. The average Bonchev–Trinajstić information content (AvgIpc) is 2.47. The first-order valence-corrected chi connectivity index (χ1v) is 9.88. The molecule has 0 bridgehead atoms. The average molecular weight is 384 g/mol. The number of nitrogens with one attached hydrogen (secondary N) is 1. The fourth-order valence-electron chi connectivity index (χ4n) is 2.81. The second-order valence-corrected chi connectivity index (χ2v) is 8.27. The number of sulfonamides is 1. The van der Waals surface area contributed by atoms with Crippen LogP contribution in [0.5, 0.6) is 0 Å². The number of rotatable bonds is 3. The van der Waals surface area contributed by atoms with Crippen LogP contribution in [0.4, 0.5) is 5.82 Å². The van der Waals surface area contributed by atoms with Crippen molar-refractivity contribution >= 4 is 42.7 Å². The van der Waals surface area contributed by atoms with Crippen LogP contribution in [0, 0.1) is 0 Å². The number of aromatic nitrogens is 1. The molecule has 118 valence electrons.